The highest BCUT2D eigenvalue weighted by molar-refractivity contribution is 5.98. The number of nitrogens with zero attached hydrogens (tertiary/aromatic N) is 3. The first-order valence-electron chi connectivity index (χ1n) is 7.68. The maximum Gasteiger partial charge on any atom is 0.0955 e. The summed E-state index contributed by atoms with van der Waals surface area (Å²) in [7, 11) is 4.31. The van der Waals surface area contributed by atoms with Crippen LogP contribution in [0.4, 0.5) is 11.4 Å². The van der Waals surface area contributed by atoms with E-state index in [9.17, 15) is 0 Å². The first kappa shape index (κ1) is 14.1. The highest BCUT2D eigenvalue weighted by Crippen LogP contribution is 2.31. The number of hydrogen-bond donors (Lipinski definition) is 1. The van der Waals surface area contributed by atoms with Gasteiger partial charge in [0.1, 0.15) is 0 Å². The van der Waals surface area contributed by atoms with Crippen LogP contribution in [-0.4, -0.2) is 43.6 Å². The maximum absolute atomic E-state index is 6.07. The van der Waals surface area contributed by atoms with Crippen molar-refractivity contribution in [2.45, 2.75) is 12.8 Å². The Balaban J connectivity index is 1.81. The lowest BCUT2D eigenvalue weighted by Gasteiger charge is -2.35. The summed E-state index contributed by atoms with van der Waals surface area (Å²) in [4.78, 5) is 9.31. The van der Waals surface area contributed by atoms with E-state index in [2.05, 4.69) is 41.0 Å². The van der Waals surface area contributed by atoms with Crippen molar-refractivity contribution in [3.05, 3.63) is 30.5 Å². The summed E-state index contributed by atoms with van der Waals surface area (Å²) in [5, 5.41) is 1.06. The number of nitrogens with two attached hydrogens (primary N) is 1. The van der Waals surface area contributed by atoms with Crippen molar-refractivity contribution in [2.75, 3.05) is 44.4 Å². The molecule has 0 amide bonds. The smallest absolute Gasteiger partial charge is 0.0955 e. The van der Waals surface area contributed by atoms with E-state index in [0.29, 0.717) is 0 Å². The fourth-order valence-electron chi connectivity index (χ4n) is 3.31. The Bertz CT molecular complexity index is 615. The molecule has 0 spiro atoms. The van der Waals surface area contributed by atoms with Crippen LogP contribution in [0.3, 0.4) is 0 Å². The molecule has 0 bridgehead atoms. The van der Waals surface area contributed by atoms with Gasteiger partial charge < -0.3 is 15.5 Å². The van der Waals surface area contributed by atoms with Gasteiger partial charge >= 0.3 is 0 Å². The highest BCUT2D eigenvalue weighted by Gasteiger charge is 2.21. The Morgan fingerprint density at radius 1 is 1.24 bits per heavy atom. The number of hydrogen-bond acceptors (Lipinski definition) is 4. The molecule has 2 N–H and O–H groups in total. The first-order chi connectivity index (χ1) is 10.1. The van der Waals surface area contributed by atoms with E-state index in [1.807, 2.05) is 18.3 Å². The second-order valence-electron chi connectivity index (χ2n) is 6.27. The number of nitrogen functional groups attached to an aromatic ring is 1. The summed E-state index contributed by atoms with van der Waals surface area (Å²) in [5.41, 5.74) is 9.13. The van der Waals surface area contributed by atoms with Crippen molar-refractivity contribution in [2.24, 2.45) is 5.92 Å². The number of benzene rings is 1. The van der Waals surface area contributed by atoms with Crippen LogP contribution in [0.25, 0.3) is 10.9 Å². The van der Waals surface area contributed by atoms with E-state index in [-0.39, 0.29) is 0 Å². The molecule has 0 unspecified atom stereocenters. The predicted octanol–water partition coefficient (Wildman–Crippen LogP) is 2.60. The topological polar surface area (TPSA) is 45.4 Å². The van der Waals surface area contributed by atoms with E-state index >= 15 is 0 Å². The molecule has 4 heteroatoms. The molecular formula is C17H24N4. The lowest BCUT2D eigenvalue weighted by molar-refractivity contribution is 0.285. The van der Waals surface area contributed by atoms with Crippen LogP contribution in [0.2, 0.25) is 0 Å². The van der Waals surface area contributed by atoms with Crippen molar-refractivity contribution >= 4 is 22.3 Å². The zero-order chi connectivity index (χ0) is 14.8. The zero-order valence-electron chi connectivity index (χ0n) is 12.9. The predicted molar refractivity (Wildman–Crippen MR) is 89.6 cm³/mol. The fraction of sp³-hybridized carbons (Fsp3) is 0.471. The Labute approximate surface area is 126 Å². The summed E-state index contributed by atoms with van der Waals surface area (Å²) in [6.45, 7) is 3.40. The van der Waals surface area contributed by atoms with Crippen LogP contribution in [0.5, 0.6) is 0 Å². The molecule has 1 aromatic heterocycles. The third-order valence-electron chi connectivity index (χ3n) is 4.36. The molecule has 4 nitrogen and oxygen atoms in total. The van der Waals surface area contributed by atoms with Crippen LogP contribution in [0, 0.1) is 5.92 Å². The molecule has 1 fully saturated rings. The van der Waals surface area contributed by atoms with Crippen LogP contribution >= 0.6 is 0 Å². The van der Waals surface area contributed by atoms with Crippen LogP contribution < -0.4 is 10.6 Å². The van der Waals surface area contributed by atoms with E-state index in [4.69, 9.17) is 5.73 Å². The largest absolute Gasteiger partial charge is 0.398 e. The molecule has 1 aliphatic heterocycles. The Morgan fingerprint density at radius 2 is 2.00 bits per heavy atom. The molecule has 1 aliphatic rings. The van der Waals surface area contributed by atoms with Gasteiger partial charge in [0.05, 0.1) is 11.2 Å². The molecule has 0 radical (unpaired) electrons. The molecule has 0 atom stereocenters. The van der Waals surface area contributed by atoms with Crippen molar-refractivity contribution < 1.29 is 0 Å². The van der Waals surface area contributed by atoms with Gasteiger partial charge in [-0.15, -0.1) is 0 Å². The van der Waals surface area contributed by atoms with E-state index in [1.54, 1.807) is 0 Å². The normalized spacial score (nSPS) is 16.8. The van der Waals surface area contributed by atoms with E-state index in [0.717, 1.165) is 35.6 Å². The lowest BCUT2D eigenvalue weighted by Crippen LogP contribution is -2.37. The van der Waals surface area contributed by atoms with E-state index in [1.165, 1.54) is 25.1 Å². The number of aromatic nitrogens is 1. The van der Waals surface area contributed by atoms with Crippen molar-refractivity contribution in [1.29, 1.82) is 0 Å². The molecule has 2 aromatic rings. The molecule has 112 valence electrons. The number of anilines is 2. The minimum Gasteiger partial charge on any atom is -0.398 e. The second kappa shape index (κ2) is 5.90. The molecule has 1 saturated heterocycles. The maximum atomic E-state index is 6.07. The van der Waals surface area contributed by atoms with Gasteiger partial charge in [-0.25, -0.2) is 0 Å². The van der Waals surface area contributed by atoms with Crippen LogP contribution in [0.1, 0.15) is 12.8 Å². The first-order valence-corrected chi connectivity index (χ1v) is 7.68. The highest BCUT2D eigenvalue weighted by atomic mass is 15.1. The minimum absolute atomic E-state index is 0.809. The lowest BCUT2D eigenvalue weighted by atomic mass is 9.95. The third kappa shape index (κ3) is 2.95. The van der Waals surface area contributed by atoms with Gasteiger partial charge in [-0.2, -0.15) is 0 Å². The monoisotopic (exact) mass is 284 g/mol. The standard InChI is InChI=1S/C17H24N4/c1-20(2)12-13-7-10-21(11-8-13)16-6-5-15(18)14-4-3-9-19-17(14)16/h3-6,9,13H,7-8,10-12,18H2,1-2H3. The summed E-state index contributed by atoms with van der Waals surface area (Å²) >= 11 is 0. The SMILES string of the molecule is CN(C)CC1CCN(c2ccc(N)c3cccnc23)CC1. The van der Waals surface area contributed by atoms with Gasteiger partial charge in [0.2, 0.25) is 0 Å². The summed E-state index contributed by atoms with van der Waals surface area (Å²) in [6, 6.07) is 8.13. The van der Waals surface area contributed by atoms with Gasteiger partial charge in [-0.05, 0) is 57.1 Å². The zero-order valence-corrected chi connectivity index (χ0v) is 12.9. The number of piperidine rings is 1. The second-order valence-corrected chi connectivity index (χ2v) is 6.27. The van der Waals surface area contributed by atoms with Gasteiger partial charge in [0, 0.05) is 36.9 Å². The van der Waals surface area contributed by atoms with E-state index < -0.39 is 0 Å². The van der Waals surface area contributed by atoms with Crippen molar-refractivity contribution in [1.82, 2.24) is 9.88 Å². The summed E-state index contributed by atoms with van der Waals surface area (Å²) in [5.74, 6) is 0.809. The summed E-state index contributed by atoms with van der Waals surface area (Å²) < 4.78 is 0. The van der Waals surface area contributed by atoms with Gasteiger partial charge in [0.25, 0.3) is 0 Å². The molecule has 0 saturated carbocycles. The molecule has 0 aliphatic carbocycles. The van der Waals surface area contributed by atoms with Crippen LogP contribution in [-0.2, 0) is 0 Å². The summed E-state index contributed by atoms with van der Waals surface area (Å²) in [6.07, 6.45) is 4.35. The number of pyridine rings is 1. The number of rotatable bonds is 3. The van der Waals surface area contributed by atoms with Crippen molar-refractivity contribution in [3.63, 3.8) is 0 Å². The molecule has 2 heterocycles. The Morgan fingerprint density at radius 3 is 2.71 bits per heavy atom. The molecule has 21 heavy (non-hydrogen) atoms. The van der Waals surface area contributed by atoms with Crippen LogP contribution in [0.15, 0.2) is 30.5 Å². The quantitative estimate of drug-likeness (QED) is 0.880. The Hall–Kier alpha value is -1.81. The fourth-order valence-corrected chi connectivity index (χ4v) is 3.31. The molecule has 3 rings (SSSR count). The van der Waals surface area contributed by atoms with Gasteiger partial charge in [0.15, 0.2) is 0 Å². The Kier molecular flexibility index (Phi) is 3.97. The van der Waals surface area contributed by atoms with Crippen molar-refractivity contribution in [3.8, 4) is 0 Å². The number of fused-ring (bicyclic) bond motifs is 1. The third-order valence-corrected chi connectivity index (χ3v) is 4.36. The molecular weight excluding hydrogens is 260 g/mol. The minimum atomic E-state index is 0.809. The van der Waals surface area contributed by atoms with Gasteiger partial charge in [-0.1, -0.05) is 0 Å². The van der Waals surface area contributed by atoms with Gasteiger partial charge in [-0.3, -0.25) is 4.98 Å². The average molecular weight is 284 g/mol. The average Bonchev–Trinajstić information content (AvgIpc) is 2.48. The molecule has 1 aromatic carbocycles.